The maximum atomic E-state index is 2.52. The third kappa shape index (κ3) is 3.54. The number of aryl methyl sites for hydroxylation is 4. The van der Waals surface area contributed by atoms with E-state index in [2.05, 4.69) is 52.0 Å². The van der Waals surface area contributed by atoms with Crippen LogP contribution in [0.15, 0.2) is 24.3 Å². The van der Waals surface area contributed by atoms with E-state index in [4.69, 9.17) is 0 Å². The molecule has 0 saturated heterocycles. The molecule has 2 aromatic carbocycles. The fourth-order valence-corrected chi connectivity index (χ4v) is 3.74. The van der Waals surface area contributed by atoms with Gasteiger partial charge < -0.3 is 0 Å². The first-order valence-corrected chi connectivity index (χ1v) is 9.31. The molecule has 0 unspecified atom stereocenters. The molecular weight excluding hydrogens is 264 g/mol. The van der Waals surface area contributed by atoms with Gasteiger partial charge in [-0.1, -0.05) is 77.6 Å². The van der Waals surface area contributed by atoms with Crippen LogP contribution < -0.4 is 0 Å². The number of hydrogen-bond acceptors (Lipinski definition) is 0. The number of fused-ring (bicyclic) bond motifs is 1. The average molecular weight is 296 g/mol. The molecule has 0 saturated carbocycles. The summed E-state index contributed by atoms with van der Waals surface area (Å²) < 4.78 is 0. The second kappa shape index (κ2) is 8.36. The van der Waals surface area contributed by atoms with Crippen molar-refractivity contribution in [1.29, 1.82) is 0 Å². The molecule has 0 heteroatoms. The highest BCUT2D eigenvalue weighted by Crippen LogP contribution is 2.32. The van der Waals surface area contributed by atoms with Crippen molar-refractivity contribution in [2.24, 2.45) is 0 Å². The van der Waals surface area contributed by atoms with Crippen LogP contribution in [-0.4, -0.2) is 0 Å². The highest BCUT2D eigenvalue weighted by atomic mass is 14.2. The third-order valence-electron chi connectivity index (χ3n) is 4.59. The zero-order valence-corrected chi connectivity index (χ0v) is 15.0. The van der Waals surface area contributed by atoms with Crippen LogP contribution in [0.3, 0.4) is 0 Å². The molecule has 0 heterocycles. The lowest BCUT2D eigenvalue weighted by molar-refractivity contribution is 0.855. The smallest absolute Gasteiger partial charge is 0.0114 e. The van der Waals surface area contributed by atoms with Crippen LogP contribution in [0.2, 0.25) is 0 Å². The van der Waals surface area contributed by atoms with Crippen LogP contribution >= 0.6 is 0 Å². The maximum Gasteiger partial charge on any atom is -0.0114 e. The van der Waals surface area contributed by atoms with Crippen LogP contribution in [-0.2, 0) is 25.7 Å². The number of rotatable bonds is 8. The largest absolute Gasteiger partial charge is 0.0651 e. The molecule has 0 nitrogen and oxygen atoms in total. The highest BCUT2D eigenvalue weighted by Gasteiger charge is 2.13. The molecule has 22 heavy (non-hydrogen) atoms. The second-order valence-corrected chi connectivity index (χ2v) is 6.51. The molecule has 0 spiro atoms. The van der Waals surface area contributed by atoms with E-state index in [1.165, 1.54) is 56.8 Å². The van der Waals surface area contributed by atoms with E-state index >= 15 is 0 Å². The van der Waals surface area contributed by atoms with Gasteiger partial charge in [0.1, 0.15) is 0 Å². The molecule has 0 aliphatic carbocycles. The number of hydrogen-bond donors (Lipinski definition) is 0. The molecule has 2 rings (SSSR count). The van der Waals surface area contributed by atoms with Gasteiger partial charge in [-0.05, 0) is 58.7 Å². The Morgan fingerprint density at radius 1 is 0.636 bits per heavy atom. The summed E-state index contributed by atoms with van der Waals surface area (Å²) in [5.74, 6) is 0. The van der Waals surface area contributed by atoms with Crippen molar-refractivity contribution in [1.82, 2.24) is 0 Å². The Bertz CT molecular complexity index is 603. The summed E-state index contributed by atoms with van der Waals surface area (Å²) in [5, 5.41) is 3.12. The molecule has 0 aromatic heterocycles. The normalized spacial score (nSPS) is 11.3. The Labute approximate surface area is 136 Å². The zero-order chi connectivity index (χ0) is 15.9. The monoisotopic (exact) mass is 296 g/mol. The molecule has 0 bridgehead atoms. The standard InChI is InChI=1S/C22H32/c1-5-10-17-14-9-15-21-19(12-7-3)16-18(11-6-2)20(13-8-4)22(17)21/h9,14-16H,5-8,10-13H2,1-4H3. The molecule has 0 aliphatic rings. The first kappa shape index (κ1) is 17.1. The summed E-state index contributed by atoms with van der Waals surface area (Å²) in [5.41, 5.74) is 6.39. The predicted octanol–water partition coefficient (Wildman–Crippen LogP) is 6.65. The molecule has 0 amide bonds. The van der Waals surface area contributed by atoms with Crippen molar-refractivity contribution in [3.05, 3.63) is 46.5 Å². The van der Waals surface area contributed by atoms with Crippen molar-refractivity contribution in [2.45, 2.75) is 79.1 Å². The van der Waals surface area contributed by atoms with Gasteiger partial charge >= 0.3 is 0 Å². The van der Waals surface area contributed by atoms with Gasteiger partial charge in [0.05, 0.1) is 0 Å². The fraction of sp³-hybridized carbons (Fsp3) is 0.545. The summed E-state index contributed by atoms with van der Waals surface area (Å²) in [7, 11) is 0. The average Bonchev–Trinajstić information content (AvgIpc) is 2.52. The van der Waals surface area contributed by atoms with E-state index < -0.39 is 0 Å². The predicted molar refractivity (Wildman–Crippen MR) is 99.9 cm³/mol. The van der Waals surface area contributed by atoms with Crippen LogP contribution in [0.1, 0.15) is 75.6 Å². The molecule has 0 radical (unpaired) electrons. The minimum Gasteiger partial charge on any atom is -0.0651 e. The fourth-order valence-electron chi connectivity index (χ4n) is 3.74. The Balaban J connectivity index is 2.76. The quantitative estimate of drug-likeness (QED) is 0.511. The van der Waals surface area contributed by atoms with Gasteiger partial charge in [-0.15, -0.1) is 0 Å². The highest BCUT2D eigenvalue weighted by molar-refractivity contribution is 5.92. The Morgan fingerprint density at radius 3 is 1.86 bits per heavy atom. The van der Waals surface area contributed by atoms with E-state index in [1.54, 1.807) is 27.6 Å². The van der Waals surface area contributed by atoms with Gasteiger partial charge in [0.15, 0.2) is 0 Å². The van der Waals surface area contributed by atoms with Crippen LogP contribution in [0.5, 0.6) is 0 Å². The van der Waals surface area contributed by atoms with Crippen molar-refractivity contribution in [3.8, 4) is 0 Å². The van der Waals surface area contributed by atoms with Crippen LogP contribution in [0.25, 0.3) is 10.8 Å². The zero-order valence-electron chi connectivity index (χ0n) is 15.0. The van der Waals surface area contributed by atoms with Crippen molar-refractivity contribution < 1.29 is 0 Å². The van der Waals surface area contributed by atoms with E-state index in [0.717, 1.165) is 0 Å². The lowest BCUT2D eigenvalue weighted by Crippen LogP contribution is -2.02. The first-order chi connectivity index (χ1) is 10.8. The van der Waals surface area contributed by atoms with Crippen LogP contribution in [0.4, 0.5) is 0 Å². The first-order valence-electron chi connectivity index (χ1n) is 9.31. The topological polar surface area (TPSA) is 0 Å². The summed E-state index contributed by atoms with van der Waals surface area (Å²) in [6.07, 6.45) is 9.78. The van der Waals surface area contributed by atoms with E-state index in [0.29, 0.717) is 0 Å². The van der Waals surface area contributed by atoms with Crippen molar-refractivity contribution in [3.63, 3.8) is 0 Å². The van der Waals surface area contributed by atoms with E-state index in [-0.39, 0.29) is 0 Å². The lowest BCUT2D eigenvalue weighted by Gasteiger charge is -2.19. The van der Waals surface area contributed by atoms with Crippen molar-refractivity contribution in [2.75, 3.05) is 0 Å². The van der Waals surface area contributed by atoms with Gasteiger partial charge in [-0.3, -0.25) is 0 Å². The van der Waals surface area contributed by atoms with Crippen LogP contribution in [0, 0.1) is 0 Å². The summed E-state index contributed by atoms with van der Waals surface area (Å²) in [6, 6.07) is 9.50. The molecule has 0 fully saturated rings. The molecule has 2 aromatic rings. The number of benzene rings is 2. The maximum absolute atomic E-state index is 2.52. The van der Waals surface area contributed by atoms with Gasteiger partial charge in [-0.25, -0.2) is 0 Å². The Morgan fingerprint density at radius 2 is 1.23 bits per heavy atom. The molecule has 0 atom stereocenters. The van der Waals surface area contributed by atoms with Crippen molar-refractivity contribution >= 4 is 10.8 Å². The second-order valence-electron chi connectivity index (χ2n) is 6.51. The summed E-state index contributed by atoms with van der Waals surface area (Å²) in [6.45, 7) is 9.20. The van der Waals surface area contributed by atoms with Gasteiger partial charge in [0.25, 0.3) is 0 Å². The van der Waals surface area contributed by atoms with Gasteiger partial charge in [0, 0.05) is 0 Å². The van der Waals surface area contributed by atoms with E-state index in [1.807, 2.05) is 0 Å². The molecule has 120 valence electrons. The molecule has 0 aliphatic heterocycles. The summed E-state index contributed by atoms with van der Waals surface area (Å²) in [4.78, 5) is 0. The molecular formula is C22H32. The Kier molecular flexibility index (Phi) is 6.49. The minimum absolute atomic E-state index is 1.20. The lowest BCUT2D eigenvalue weighted by atomic mass is 9.86. The molecule has 0 N–H and O–H groups in total. The third-order valence-corrected chi connectivity index (χ3v) is 4.59. The SMILES string of the molecule is CCCc1cc(CCC)c2cccc(CCC)c2c1CCC. The minimum atomic E-state index is 1.20. The van der Waals surface area contributed by atoms with Gasteiger partial charge in [-0.2, -0.15) is 0 Å². The van der Waals surface area contributed by atoms with Gasteiger partial charge in [0.2, 0.25) is 0 Å². The summed E-state index contributed by atoms with van der Waals surface area (Å²) >= 11 is 0. The van der Waals surface area contributed by atoms with E-state index in [9.17, 15) is 0 Å². The Hall–Kier alpha value is -1.30.